The van der Waals surface area contributed by atoms with E-state index < -0.39 is 74.3 Å². The molecule has 2 saturated heterocycles. The van der Waals surface area contributed by atoms with Gasteiger partial charge >= 0.3 is 12.3 Å². The molecule has 1 aromatic carbocycles. The van der Waals surface area contributed by atoms with Crippen molar-refractivity contribution in [3.63, 3.8) is 0 Å². The number of amides is 1. The number of nitrogens with one attached hydrogen (secondary N) is 2. The first-order chi connectivity index (χ1) is 20.2. The molecule has 0 radical (unpaired) electrons. The molecule has 1 amide bonds. The van der Waals surface area contributed by atoms with Crippen molar-refractivity contribution < 1.29 is 45.0 Å². The van der Waals surface area contributed by atoms with Crippen molar-refractivity contribution in [3.8, 4) is 0 Å². The number of nitrogens with zero attached hydrogens (tertiary/aromatic N) is 4. The van der Waals surface area contributed by atoms with Gasteiger partial charge in [-0.05, 0) is 65.2 Å². The highest BCUT2D eigenvalue weighted by atomic mass is 32.2. The van der Waals surface area contributed by atoms with E-state index in [-0.39, 0.29) is 37.7 Å². The summed E-state index contributed by atoms with van der Waals surface area (Å²) in [5, 5.41) is 12.9. The number of halogens is 5. The molecule has 2 aliphatic rings. The summed E-state index contributed by atoms with van der Waals surface area (Å²) in [6.45, 7) is 6.21. The molecule has 2 aliphatic heterocycles. The highest BCUT2D eigenvalue weighted by Crippen LogP contribution is 2.38. The van der Waals surface area contributed by atoms with Crippen molar-refractivity contribution in [3.05, 3.63) is 35.8 Å². The minimum atomic E-state index is -4.80. The number of aromatic nitrogens is 2. The number of β-amino-alcohol motifs (C(OH)–C–C–N with tert-alkyl or cyclic N) is 1. The third-order valence-corrected chi connectivity index (χ3v) is 8.53. The van der Waals surface area contributed by atoms with Gasteiger partial charge in [-0.3, -0.25) is 0 Å². The molecule has 2 aromatic rings. The van der Waals surface area contributed by atoms with Gasteiger partial charge in [0.15, 0.2) is 0 Å². The molecular weight excluding hydrogens is 615 g/mol. The minimum absolute atomic E-state index is 0.0316. The number of carbonyl (C=O) groups excluding carboxylic acids is 1. The summed E-state index contributed by atoms with van der Waals surface area (Å²) >= 11 is 0. The zero-order chi connectivity index (χ0) is 32.7. The molecule has 0 spiro atoms. The van der Waals surface area contributed by atoms with Gasteiger partial charge in [0, 0.05) is 25.8 Å². The fourth-order valence-electron chi connectivity index (χ4n) is 4.96. The maximum atomic E-state index is 15.1. The first kappa shape index (κ1) is 33.6. The van der Waals surface area contributed by atoms with E-state index >= 15 is 4.39 Å². The summed E-state index contributed by atoms with van der Waals surface area (Å²) in [6.07, 6.45) is -5.96. The van der Waals surface area contributed by atoms with E-state index in [1.165, 1.54) is 11.8 Å². The molecule has 11 nitrogen and oxygen atoms in total. The lowest BCUT2D eigenvalue weighted by atomic mass is 9.95. The number of benzene rings is 1. The van der Waals surface area contributed by atoms with Crippen molar-refractivity contribution >= 4 is 33.6 Å². The van der Waals surface area contributed by atoms with Crippen molar-refractivity contribution in [1.82, 2.24) is 19.6 Å². The molecule has 0 aliphatic carbocycles. The zero-order valence-electron chi connectivity index (χ0n) is 24.6. The Morgan fingerprint density at radius 3 is 2.50 bits per heavy atom. The van der Waals surface area contributed by atoms with Crippen LogP contribution in [-0.4, -0.2) is 84.1 Å². The molecule has 2 fully saturated rings. The number of aliphatic hydroxyl groups is 1. The predicted molar refractivity (Wildman–Crippen MR) is 150 cm³/mol. The predicted octanol–water partition coefficient (Wildman–Crippen LogP) is 4.36. The molecule has 0 bridgehead atoms. The van der Waals surface area contributed by atoms with Crippen LogP contribution < -0.4 is 14.9 Å². The third-order valence-electron chi connectivity index (χ3n) is 7.05. The number of ether oxygens (including phenoxy) is 1. The van der Waals surface area contributed by atoms with Crippen molar-refractivity contribution in [2.75, 3.05) is 36.4 Å². The van der Waals surface area contributed by atoms with Gasteiger partial charge in [-0.2, -0.15) is 18.2 Å². The second kappa shape index (κ2) is 12.2. The van der Waals surface area contributed by atoms with Crippen LogP contribution in [0.5, 0.6) is 0 Å². The molecule has 44 heavy (non-hydrogen) atoms. The molecule has 1 aromatic heterocycles. The molecular formula is C27H35F5N6O5S. The number of likely N-dealkylation sites (tertiary alicyclic amines) is 1. The van der Waals surface area contributed by atoms with Gasteiger partial charge in [0.2, 0.25) is 16.0 Å². The molecule has 244 valence electrons. The first-order valence-corrected chi connectivity index (χ1v) is 15.3. The van der Waals surface area contributed by atoms with Crippen molar-refractivity contribution in [1.29, 1.82) is 0 Å². The van der Waals surface area contributed by atoms with Crippen LogP contribution in [0.1, 0.15) is 52.5 Å². The number of piperidine rings is 2. The van der Waals surface area contributed by atoms with Crippen LogP contribution in [0.4, 0.5) is 44.2 Å². The lowest BCUT2D eigenvalue weighted by molar-refractivity contribution is -0.137. The Bertz CT molecular complexity index is 1480. The number of hydrogen-bond donors (Lipinski definition) is 3. The van der Waals surface area contributed by atoms with Crippen LogP contribution in [0.3, 0.4) is 0 Å². The standard InChI is InChI=1S/C27H35F5N6O5S/c1-25(2,3)43-24(39)37-11-8-21(19(29)14-37)36-44(41,42)16-6-7-20(18(28)12-16)34-23-33-13-17(27(30,31)32)22(35-23)38-10-5-9-26(4,40)15-38/h6-7,12-13,19,21,36,40H,5,8-11,14-15H2,1-4H3,(H,33,34,35)/t19-,21+,26-/m0/s1. The van der Waals surface area contributed by atoms with E-state index in [1.54, 1.807) is 20.8 Å². The highest BCUT2D eigenvalue weighted by Gasteiger charge is 2.40. The summed E-state index contributed by atoms with van der Waals surface area (Å²) < 4.78 is 104. The van der Waals surface area contributed by atoms with E-state index in [4.69, 9.17) is 4.74 Å². The van der Waals surface area contributed by atoms with E-state index in [2.05, 4.69) is 20.0 Å². The van der Waals surface area contributed by atoms with Crippen LogP contribution in [-0.2, 0) is 20.9 Å². The van der Waals surface area contributed by atoms with Gasteiger partial charge in [-0.15, -0.1) is 0 Å². The van der Waals surface area contributed by atoms with E-state index in [0.29, 0.717) is 25.1 Å². The SMILES string of the molecule is CC(C)(C)OC(=O)N1CC[C@@H](NS(=O)(=O)c2ccc(Nc3ncc(C(F)(F)F)c(N4CCC[C@](C)(O)C4)n3)c(F)c2)[C@@H](F)C1. The maximum Gasteiger partial charge on any atom is 0.421 e. The Balaban J connectivity index is 1.48. The summed E-state index contributed by atoms with van der Waals surface area (Å²) in [7, 11) is -4.40. The van der Waals surface area contributed by atoms with Gasteiger partial charge in [0.1, 0.15) is 29.0 Å². The number of sulfonamides is 1. The average molecular weight is 651 g/mol. The number of anilines is 3. The smallest absolute Gasteiger partial charge is 0.421 e. The first-order valence-electron chi connectivity index (χ1n) is 13.9. The second-order valence-corrected chi connectivity index (χ2v) is 13.9. The van der Waals surface area contributed by atoms with E-state index in [9.17, 15) is 35.9 Å². The fraction of sp³-hybridized carbons (Fsp3) is 0.593. The number of hydrogen-bond acceptors (Lipinski definition) is 9. The molecule has 4 rings (SSSR count). The summed E-state index contributed by atoms with van der Waals surface area (Å²) in [5.41, 5.74) is -3.48. The third kappa shape index (κ3) is 8.24. The Hall–Kier alpha value is -3.31. The summed E-state index contributed by atoms with van der Waals surface area (Å²) in [6, 6.07) is 1.55. The molecule has 17 heteroatoms. The Morgan fingerprint density at radius 1 is 1.20 bits per heavy atom. The van der Waals surface area contributed by atoms with Gasteiger partial charge in [0.25, 0.3) is 0 Å². The summed E-state index contributed by atoms with van der Waals surface area (Å²) in [5.74, 6) is -1.96. The Morgan fingerprint density at radius 2 is 1.91 bits per heavy atom. The number of rotatable bonds is 6. The second-order valence-electron chi connectivity index (χ2n) is 12.2. The Labute approximate surface area is 251 Å². The monoisotopic (exact) mass is 650 g/mol. The van der Waals surface area contributed by atoms with E-state index in [0.717, 1.165) is 17.0 Å². The van der Waals surface area contributed by atoms with Crippen molar-refractivity contribution in [2.24, 2.45) is 0 Å². The molecule has 3 atom stereocenters. The van der Waals surface area contributed by atoms with Crippen molar-refractivity contribution in [2.45, 2.75) is 81.4 Å². The molecule has 0 unspecified atom stereocenters. The fourth-order valence-corrected chi connectivity index (χ4v) is 6.26. The lowest BCUT2D eigenvalue weighted by Gasteiger charge is -2.38. The van der Waals surface area contributed by atoms with E-state index in [1.807, 2.05) is 0 Å². The maximum absolute atomic E-state index is 15.1. The molecule has 3 N–H and O–H groups in total. The summed E-state index contributed by atoms with van der Waals surface area (Å²) in [4.78, 5) is 21.8. The van der Waals surface area contributed by atoms with Gasteiger partial charge < -0.3 is 25.0 Å². The largest absolute Gasteiger partial charge is 0.444 e. The normalized spacial score (nSPS) is 23.4. The highest BCUT2D eigenvalue weighted by molar-refractivity contribution is 7.89. The van der Waals surface area contributed by atoms with Crippen LogP contribution in [0.15, 0.2) is 29.3 Å². The van der Waals surface area contributed by atoms with Crippen LogP contribution in [0.25, 0.3) is 0 Å². The zero-order valence-corrected chi connectivity index (χ0v) is 25.4. The number of carbonyl (C=O) groups is 1. The Kier molecular flexibility index (Phi) is 9.34. The minimum Gasteiger partial charge on any atom is -0.444 e. The quantitative estimate of drug-likeness (QED) is 0.390. The van der Waals surface area contributed by atoms with Gasteiger partial charge in [-0.1, -0.05) is 0 Å². The van der Waals surface area contributed by atoms with Gasteiger partial charge in [-0.25, -0.2) is 31.7 Å². The molecule has 3 heterocycles. The van der Waals surface area contributed by atoms with Crippen LogP contribution >= 0.6 is 0 Å². The van der Waals surface area contributed by atoms with Crippen LogP contribution in [0.2, 0.25) is 0 Å². The molecule has 0 saturated carbocycles. The van der Waals surface area contributed by atoms with Crippen LogP contribution in [0, 0.1) is 5.82 Å². The lowest BCUT2D eigenvalue weighted by Crippen LogP contribution is -2.54. The average Bonchev–Trinajstić information content (AvgIpc) is 2.88. The topological polar surface area (TPSA) is 137 Å². The van der Waals surface area contributed by atoms with Gasteiger partial charge in [0.05, 0.1) is 28.8 Å². The number of alkyl halides is 4.